The van der Waals surface area contributed by atoms with Crippen LogP contribution in [0.5, 0.6) is 0 Å². The van der Waals surface area contributed by atoms with Gasteiger partial charge in [-0.2, -0.15) is 0 Å². The number of nitrogens with one attached hydrogen (secondary N) is 2. The molecule has 2 N–H and O–H groups in total. The van der Waals surface area contributed by atoms with E-state index in [4.69, 9.17) is 0 Å². The normalized spacial score (nSPS) is 13.2. The molecule has 0 aliphatic carbocycles. The SMILES string of the molecule is O=C(Cc1ccccn1)Nc1ccc2c(c1)NCCC2. The lowest BCUT2D eigenvalue weighted by molar-refractivity contribution is -0.115. The summed E-state index contributed by atoms with van der Waals surface area (Å²) in [4.78, 5) is 16.1. The number of hydrogen-bond donors (Lipinski definition) is 2. The van der Waals surface area contributed by atoms with Gasteiger partial charge in [-0.3, -0.25) is 9.78 Å². The van der Waals surface area contributed by atoms with Gasteiger partial charge < -0.3 is 10.6 Å². The number of fused-ring (bicyclic) bond motifs is 1. The second kappa shape index (κ2) is 5.74. The minimum atomic E-state index is -0.0422. The molecule has 1 aromatic carbocycles. The Morgan fingerprint density at radius 2 is 2.25 bits per heavy atom. The number of aromatic nitrogens is 1. The van der Waals surface area contributed by atoms with Gasteiger partial charge in [-0.15, -0.1) is 0 Å². The van der Waals surface area contributed by atoms with E-state index in [1.54, 1.807) is 6.20 Å². The first-order valence-corrected chi connectivity index (χ1v) is 6.88. The molecule has 0 unspecified atom stereocenters. The Morgan fingerprint density at radius 1 is 1.30 bits per heavy atom. The third kappa shape index (κ3) is 2.96. The summed E-state index contributed by atoms with van der Waals surface area (Å²) < 4.78 is 0. The third-order valence-electron chi connectivity index (χ3n) is 3.40. The van der Waals surface area contributed by atoms with Crippen molar-refractivity contribution < 1.29 is 4.79 Å². The van der Waals surface area contributed by atoms with Crippen LogP contribution in [0.1, 0.15) is 17.7 Å². The molecule has 0 fully saturated rings. The smallest absolute Gasteiger partial charge is 0.230 e. The summed E-state index contributed by atoms with van der Waals surface area (Å²) in [6.07, 6.45) is 4.26. The van der Waals surface area contributed by atoms with E-state index in [1.165, 1.54) is 12.0 Å². The fraction of sp³-hybridized carbons (Fsp3) is 0.250. The van der Waals surface area contributed by atoms with Crippen LogP contribution in [0.2, 0.25) is 0 Å². The number of carbonyl (C=O) groups excluding carboxylic acids is 1. The summed E-state index contributed by atoms with van der Waals surface area (Å²) in [6, 6.07) is 11.6. The van der Waals surface area contributed by atoms with Gasteiger partial charge in [0.05, 0.1) is 6.42 Å². The lowest BCUT2D eigenvalue weighted by Crippen LogP contribution is -2.16. The molecule has 4 heteroatoms. The number of pyridine rings is 1. The van der Waals surface area contributed by atoms with Crippen LogP contribution < -0.4 is 10.6 Å². The second-order valence-corrected chi connectivity index (χ2v) is 4.95. The standard InChI is InChI=1S/C16H17N3O/c20-16(11-13-5-1-2-8-17-13)19-14-7-6-12-4-3-9-18-15(12)10-14/h1-2,5-8,10,18H,3-4,9,11H2,(H,19,20). The number of rotatable bonds is 3. The van der Waals surface area contributed by atoms with Crippen molar-refractivity contribution in [3.8, 4) is 0 Å². The van der Waals surface area contributed by atoms with E-state index in [1.807, 2.05) is 30.3 Å². The quantitative estimate of drug-likeness (QED) is 0.898. The molecule has 4 nitrogen and oxygen atoms in total. The van der Waals surface area contributed by atoms with E-state index in [0.29, 0.717) is 6.42 Å². The molecule has 2 aromatic rings. The van der Waals surface area contributed by atoms with Crippen molar-refractivity contribution in [2.24, 2.45) is 0 Å². The maximum Gasteiger partial charge on any atom is 0.230 e. The Labute approximate surface area is 118 Å². The molecular formula is C16H17N3O. The molecule has 20 heavy (non-hydrogen) atoms. The summed E-state index contributed by atoms with van der Waals surface area (Å²) >= 11 is 0. The maximum atomic E-state index is 12.0. The zero-order chi connectivity index (χ0) is 13.8. The summed E-state index contributed by atoms with van der Waals surface area (Å²) in [5.74, 6) is -0.0422. The van der Waals surface area contributed by atoms with Crippen LogP contribution in [0.3, 0.4) is 0 Å². The molecule has 102 valence electrons. The van der Waals surface area contributed by atoms with Gasteiger partial charge in [0.25, 0.3) is 0 Å². The molecule has 1 aliphatic heterocycles. The average molecular weight is 267 g/mol. The Balaban J connectivity index is 1.67. The first-order chi connectivity index (χ1) is 9.81. The number of benzene rings is 1. The van der Waals surface area contributed by atoms with Gasteiger partial charge >= 0.3 is 0 Å². The van der Waals surface area contributed by atoms with Gasteiger partial charge in [-0.25, -0.2) is 0 Å². The van der Waals surface area contributed by atoms with Gasteiger partial charge in [-0.05, 0) is 42.7 Å². The molecule has 2 heterocycles. The zero-order valence-corrected chi connectivity index (χ0v) is 11.2. The fourth-order valence-electron chi connectivity index (χ4n) is 2.41. The van der Waals surface area contributed by atoms with Crippen molar-refractivity contribution in [1.82, 2.24) is 4.98 Å². The highest BCUT2D eigenvalue weighted by Gasteiger charge is 2.10. The van der Waals surface area contributed by atoms with E-state index in [0.717, 1.165) is 30.0 Å². The molecule has 0 atom stereocenters. The van der Waals surface area contributed by atoms with Crippen LogP contribution in [-0.2, 0) is 17.6 Å². The summed E-state index contributed by atoms with van der Waals surface area (Å²) in [5, 5.41) is 6.28. The topological polar surface area (TPSA) is 54.0 Å². The lowest BCUT2D eigenvalue weighted by Gasteiger charge is -2.18. The molecule has 0 bridgehead atoms. The predicted molar refractivity (Wildman–Crippen MR) is 79.8 cm³/mol. The highest BCUT2D eigenvalue weighted by molar-refractivity contribution is 5.92. The molecule has 0 radical (unpaired) electrons. The van der Waals surface area contributed by atoms with Crippen molar-refractivity contribution in [3.05, 3.63) is 53.9 Å². The van der Waals surface area contributed by atoms with Gasteiger partial charge in [0.2, 0.25) is 5.91 Å². The van der Waals surface area contributed by atoms with Crippen molar-refractivity contribution in [2.45, 2.75) is 19.3 Å². The molecule has 1 aromatic heterocycles. The number of nitrogens with zero attached hydrogens (tertiary/aromatic N) is 1. The Hall–Kier alpha value is -2.36. The summed E-state index contributed by atoms with van der Waals surface area (Å²) in [7, 11) is 0. The van der Waals surface area contributed by atoms with Crippen molar-refractivity contribution in [1.29, 1.82) is 0 Å². The summed E-state index contributed by atoms with van der Waals surface area (Å²) in [5.41, 5.74) is 4.06. The van der Waals surface area contributed by atoms with Crippen LogP contribution in [0.4, 0.5) is 11.4 Å². The molecule has 3 rings (SSSR count). The Kier molecular flexibility index (Phi) is 3.63. The largest absolute Gasteiger partial charge is 0.385 e. The van der Waals surface area contributed by atoms with Crippen LogP contribution >= 0.6 is 0 Å². The van der Waals surface area contributed by atoms with E-state index in [-0.39, 0.29) is 5.91 Å². The first kappa shape index (κ1) is 12.7. The highest BCUT2D eigenvalue weighted by atomic mass is 16.1. The maximum absolute atomic E-state index is 12.0. The molecule has 0 spiro atoms. The van der Waals surface area contributed by atoms with Gasteiger partial charge in [0.15, 0.2) is 0 Å². The minimum Gasteiger partial charge on any atom is -0.385 e. The molecular weight excluding hydrogens is 250 g/mol. The van der Waals surface area contributed by atoms with Gasteiger partial charge in [0, 0.05) is 29.8 Å². The Bertz CT molecular complexity index is 610. The van der Waals surface area contributed by atoms with E-state index < -0.39 is 0 Å². The lowest BCUT2D eigenvalue weighted by atomic mass is 10.0. The minimum absolute atomic E-state index is 0.0422. The van der Waals surface area contributed by atoms with Crippen LogP contribution in [0.25, 0.3) is 0 Å². The number of anilines is 2. The fourth-order valence-corrected chi connectivity index (χ4v) is 2.41. The molecule has 1 aliphatic rings. The molecule has 1 amide bonds. The summed E-state index contributed by atoms with van der Waals surface area (Å²) in [6.45, 7) is 0.998. The Morgan fingerprint density at radius 3 is 3.10 bits per heavy atom. The third-order valence-corrected chi connectivity index (χ3v) is 3.40. The van der Waals surface area contributed by atoms with E-state index in [9.17, 15) is 4.79 Å². The zero-order valence-electron chi connectivity index (χ0n) is 11.2. The van der Waals surface area contributed by atoms with Gasteiger partial charge in [0.1, 0.15) is 0 Å². The number of amides is 1. The predicted octanol–water partition coefficient (Wildman–Crippen LogP) is 2.62. The highest BCUT2D eigenvalue weighted by Crippen LogP contribution is 2.25. The number of aryl methyl sites for hydroxylation is 1. The monoisotopic (exact) mass is 267 g/mol. The second-order valence-electron chi connectivity index (χ2n) is 4.95. The van der Waals surface area contributed by atoms with Crippen molar-refractivity contribution in [2.75, 3.05) is 17.2 Å². The van der Waals surface area contributed by atoms with Crippen LogP contribution in [-0.4, -0.2) is 17.4 Å². The average Bonchev–Trinajstić information content (AvgIpc) is 2.48. The van der Waals surface area contributed by atoms with E-state index >= 15 is 0 Å². The van der Waals surface area contributed by atoms with Crippen molar-refractivity contribution in [3.63, 3.8) is 0 Å². The van der Waals surface area contributed by atoms with Gasteiger partial charge in [-0.1, -0.05) is 12.1 Å². The molecule has 0 saturated heterocycles. The molecule has 0 saturated carbocycles. The van der Waals surface area contributed by atoms with Crippen LogP contribution in [0, 0.1) is 0 Å². The number of carbonyl (C=O) groups is 1. The van der Waals surface area contributed by atoms with E-state index in [2.05, 4.69) is 21.7 Å². The van der Waals surface area contributed by atoms with Crippen molar-refractivity contribution >= 4 is 17.3 Å². The number of hydrogen-bond acceptors (Lipinski definition) is 3. The first-order valence-electron chi connectivity index (χ1n) is 6.88. The van der Waals surface area contributed by atoms with Crippen LogP contribution in [0.15, 0.2) is 42.6 Å².